The number of hydrogen-bond donors (Lipinski definition) is 2. The highest BCUT2D eigenvalue weighted by Crippen LogP contribution is 2.23. The molecule has 116 valence electrons. The normalized spacial score (nSPS) is 19.8. The Morgan fingerprint density at radius 1 is 1.24 bits per heavy atom. The Morgan fingerprint density at radius 2 is 2.10 bits per heavy atom. The monoisotopic (exact) mass is 291 g/mol. The predicted octanol–water partition coefficient (Wildman–Crippen LogP) is 0.663. The first-order valence-corrected chi connectivity index (χ1v) is 8.24. The lowest BCUT2D eigenvalue weighted by Crippen LogP contribution is -2.33. The van der Waals surface area contributed by atoms with Gasteiger partial charge in [0.25, 0.3) is 0 Å². The van der Waals surface area contributed by atoms with Gasteiger partial charge in [-0.25, -0.2) is 0 Å². The SMILES string of the molecule is O=C(NCCc1nnc2n1CCNCC2)C1CCCCC1. The van der Waals surface area contributed by atoms with Crippen LogP contribution in [0.4, 0.5) is 0 Å². The van der Waals surface area contributed by atoms with Crippen molar-refractivity contribution in [1.82, 2.24) is 25.4 Å². The number of fused-ring (bicyclic) bond motifs is 1. The molecule has 21 heavy (non-hydrogen) atoms. The van der Waals surface area contributed by atoms with Gasteiger partial charge in [-0.05, 0) is 12.8 Å². The average Bonchev–Trinajstić information content (AvgIpc) is 2.76. The van der Waals surface area contributed by atoms with E-state index in [1.54, 1.807) is 0 Å². The van der Waals surface area contributed by atoms with Gasteiger partial charge in [-0.15, -0.1) is 10.2 Å². The van der Waals surface area contributed by atoms with E-state index in [2.05, 4.69) is 25.4 Å². The fourth-order valence-electron chi connectivity index (χ4n) is 3.32. The van der Waals surface area contributed by atoms with Crippen LogP contribution in [0, 0.1) is 5.92 Å². The van der Waals surface area contributed by atoms with Crippen LogP contribution in [0.3, 0.4) is 0 Å². The minimum Gasteiger partial charge on any atom is -0.355 e. The maximum Gasteiger partial charge on any atom is 0.223 e. The number of carbonyl (C=O) groups excluding carboxylic acids is 1. The third kappa shape index (κ3) is 3.61. The Kier molecular flexibility index (Phi) is 4.85. The molecule has 0 aromatic carbocycles. The molecule has 0 radical (unpaired) electrons. The molecule has 1 saturated carbocycles. The molecule has 0 unspecified atom stereocenters. The van der Waals surface area contributed by atoms with Gasteiger partial charge < -0.3 is 15.2 Å². The van der Waals surface area contributed by atoms with Crippen molar-refractivity contribution in [3.63, 3.8) is 0 Å². The second-order valence-electron chi connectivity index (χ2n) is 6.06. The van der Waals surface area contributed by atoms with Crippen molar-refractivity contribution in [2.75, 3.05) is 19.6 Å². The number of aromatic nitrogens is 3. The second kappa shape index (κ2) is 7.02. The molecule has 0 bridgehead atoms. The van der Waals surface area contributed by atoms with E-state index in [9.17, 15) is 4.79 Å². The number of carbonyl (C=O) groups is 1. The van der Waals surface area contributed by atoms with Crippen molar-refractivity contribution in [3.05, 3.63) is 11.6 Å². The van der Waals surface area contributed by atoms with Crippen molar-refractivity contribution in [2.45, 2.75) is 51.5 Å². The van der Waals surface area contributed by atoms with Crippen molar-refractivity contribution < 1.29 is 4.79 Å². The summed E-state index contributed by atoms with van der Waals surface area (Å²) < 4.78 is 2.20. The molecule has 2 heterocycles. The highest BCUT2D eigenvalue weighted by molar-refractivity contribution is 5.78. The zero-order chi connectivity index (χ0) is 14.5. The molecule has 3 rings (SSSR count). The Morgan fingerprint density at radius 3 is 2.95 bits per heavy atom. The van der Waals surface area contributed by atoms with Gasteiger partial charge in [0.2, 0.25) is 5.91 Å². The molecule has 1 amide bonds. The largest absolute Gasteiger partial charge is 0.355 e. The molecule has 2 N–H and O–H groups in total. The first-order valence-electron chi connectivity index (χ1n) is 8.24. The van der Waals surface area contributed by atoms with Crippen LogP contribution in [0.15, 0.2) is 0 Å². The fourth-order valence-corrected chi connectivity index (χ4v) is 3.32. The number of hydrogen-bond acceptors (Lipinski definition) is 4. The molecule has 0 spiro atoms. The zero-order valence-corrected chi connectivity index (χ0v) is 12.6. The number of amides is 1. The molecule has 6 heteroatoms. The van der Waals surface area contributed by atoms with Crippen LogP contribution in [-0.2, 0) is 24.2 Å². The van der Waals surface area contributed by atoms with Crippen LogP contribution >= 0.6 is 0 Å². The highest BCUT2D eigenvalue weighted by Gasteiger charge is 2.21. The Hall–Kier alpha value is -1.43. The quantitative estimate of drug-likeness (QED) is 0.855. The van der Waals surface area contributed by atoms with Crippen molar-refractivity contribution in [1.29, 1.82) is 0 Å². The van der Waals surface area contributed by atoms with E-state index < -0.39 is 0 Å². The first kappa shape index (κ1) is 14.5. The van der Waals surface area contributed by atoms with Crippen LogP contribution in [-0.4, -0.2) is 40.3 Å². The lowest BCUT2D eigenvalue weighted by Gasteiger charge is -2.20. The van der Waals surface area contributed by atoms with Gasteiger partial charge in [-0.2, -0.15) is 0 Å². The van der Waals surface area contributed by atoms with Crippen LogP contribution < -0.4 is 10.6 Å². The van der Waals surface area contributed by atoms with E-state index >= 15 is 0 Å². The summed E-state index contributed by atoms with van der Waals surface area (Å²) in [6, 6.07) is 0. The summed E-state index contributed by atoms with van der Waals surface area (Å²) >= 11 is 0. The maximum absolute atomic E-state index is 12.1. The molecule has 1 aliphatic heterocycles. The average molecular weight is 291 g/mol. The van der Waals surface area contributed by atoms with E-state index in [1.165, 1.54) is 19.3 Å². The van der Waals surface area contributed by atoms with Gasteiger partial charge in [0.15, 0.2) is 0 Å². The van der Waals surface area contributed by atoms with Crippen molar-refractivity contribution >= 4 is 5.91 Å². The standard InChI is InChI=1S/C15H25N5O/c21-15(12-4-2-1-3-5-12)17-9-7-14-19-18-13-6-8-16-10-11-20(13)14/h12,16H,1-11H2,(H,17,21). The maximum atomic E-state index is 12.1. The topological polar surface area (TPSA) is 71.8 Å². The molecular formula is C15H25N5O. The Balaban J connectivity index is 1.49. The molecule has 0 saturated heterocycles. The molecule has 2 aliphatic rings. The minimum atomic E-state index is 0.229. The Labute approximate surface area is 125 Å². The second-order valence-corrected chi connectivity index (χ2v) is 6.06. The number of nitrogens with zero attached hydrogens (tertiary/aromatic N) is 3. The lowest BCUT2D eigenvalue weighted by molar-refractivity contribution is -0.125. The van der Waals surface area contributed by atoms with E-state index in [0.717, 1.165) is 57.0 Å². The molecule has 1 aromatic rings. The molecular weight excluding hydrogens is 266 g/mol. The Bertz CT molecular complexity index is 478. The van der Waals surface area contributed by atoms with Gasteiger partial charge in [0, 0.05) is 44.9 Å². The third-order valence-electron chi connectivity index (χ3n) is 4.57. The fraction of sp³-hybridized carbons (Fsp3) is 0.800. The lowest BCUT2D eigenvalue weighted by atomic mass is 9.89. The van der Waals surface area contributed by atoms with Crippen LogP contribution in [0.25, 0.3) is 0 Å². The molecule has 1 fully saturated rings. The van der Waals surface area contributed by atoms with E-state index in [4.69, 9.17) is 0 Å². The summed E-state index contributed by atoms with van der Waals surface area (Å²) in [7, 11) is 0. The van der Waals surface area contributed by atoms with E-state index in [1.807, 2.05) is 0 Å². The molecule has 6 nitrogen and oxygen atoms in total. The molecule has 0 atom stereocenters. The third-order valence-corrected chi connectivity index (χ3v) is 4.57. The summed E-state index contributed by atoms with van der Waals surface area (Å²) in [6.45, 7) is 3.53. The van der Waals surface area contributed by atoms with Crippen LogP contribution in [0.1, 0.15) is 43.8 Å². The van der Waals surface area contributed by atoms with Crippen molar-refractivity contribution in [2.24, 2.45) is 5.92 Å². The number of rotatable bonds is 4. The molecule has 1 aliphatic carbocycles. The summed E-state index contributed by atoms with van der Waals surface area (Å²) in [5, 5.41) is 15.0. The van der Waals surface area contributed by atoms with E-state index in [-0.39, 0.29) is 11.8 Å². The smallest absolute Gasteiger partial charge is 0.223 e. The number of nitrogens with one attached hydrogen (secondary N) is 2. The van der Waals surface area contributed by atoms with Crippen molar-refractivity contribution in [3.8, 4) is 0 Å². The minimum absolute atomic E-state index is 0.229. The van der Waals surface area contributed by atoms with Gasteiger partial charge in [0.1, 0.15) is 11.6 Å². The van der Waals surface area contributed by atoms with Gasteiger partial charge in [0.05, 0.1) is 0 Å². The first-order chi connectivity index (χ1) is 10.3. The zero-order valence-electron chi connectivity index (χ0n) is 12.6. The summed E-state index contributed by atoms with van der Waals surface area (Å²) in [5.74, 6) is 2.52. The summed E-state index contributed by atoms with van der Waals surface area (Å²) in [6.07, 6.45) is 7.48. The predicted molar refractivity (Wildman–Crippen MR) is 79.9 cm³/mol. The van der Waals surface area contributed by atoms with Crippen LogP contribution in [0.2, 0.25) is 0 Å². The summed E-state index contributed by atoms with van der Waals surface area (Å²) in [5.41, 5.74) is 0. The van der Waals surface area contributed by atoms with Gasteiger partial charge in [-0.3, -0.25) is 4.79 Å². The van der Waals surface area contributed by atoms with E-state index in [0.29, 0.717) is 6.54 Å². The van der Waals surface area contributed by atoms with Gasteiger partial charge in [-0.1, -0.05) is 19.3 Å². The highest BCUT2D eigenvalue weighted by atomic mass is 16.1. The molecule has 1 aromatic heterocycles. The van der Waals surface area contributed by atoms with Gasteiger partial charge >= 0.3 is 0 Å². The summed E-state index contributed by atoms with van der Waals surface area (Å²) in [4.78, 5) is 12.1. The van der Waals surface area contributed by atoms with Crippen LogP contribution in [0.5, 0.6) is 0 Å².